The Labute approximate surface area is 129 Å². The number of halogens is 3. The lowest BCUT2D eigenvalue weighted by Gasteiger charge is -2.06. The summed E-state index contributed by atoms with van der Waals surface area (Å²) in [6.07, 6.45) is 1.03. The molecule has 2 aromatic rings. The summed E-state index contributed by atoms with van der Waals surface area (Å²) in [5.41, 5.74) is 0.739. The minimum absolute atomic E-state index is 0.0202. The number of hydrogen-bond donors (Lipinski definition) is 1. The number of benzene rings is 1. The summed E-state index contributed by atoms with van der Waals surface area (Å²) < 4.78 is 37.4. The topological polar surface area (TPSA) is 47.3 Å². The third-order valence-electron chi connectivity index (χ3n) is 2.67. The molecule has 1 N–H and O–H groups in total. The van der Waals surface area contributed by atoms with E-state index in [0.29, 0.717) is 16.8 Å². The lowest BCUT2D eigenvalue weighted by molar-refractivity contribution is 0.236. The largest absolute Gasteiger partial charge is 0.482 e. The van der Waals surface area contributed by atoms with Gasteiger partial charge in [0.25, 0.3) is 0 Å². The SMILES string of the molecule is CCCNCc1cc(COc2cc(Br)cc(F)c2F)on1. The fourth-order valence-corrected chi connectivity index (χ4v) is 2.10. The lowest BCUT2D eigenvalue weighted by Crippen LogP contribution is -2.13. The predicted octanol–water partition coefficient (Wildman–Crippen LogP) is 3.79. The van der Waals surface area contributed by atoms with Gasteiger partial charge in [-0.15, -0.1) is 0 Å². The third-order valence-corrected chi connectivity index (χ3v) is 3.13. The van der Waals surface area contributed by atoms with Gasteiger partial charge in [0.15, 0.2) is 17.3 Å². The Kier molecular flexibility index (Phi) is 5.69. The van der Waals surface area contributed by atoms with Gasteiger partial charge in [-0.05, 0) is 25.1 Å². The molecule has 2 rings (SSSR count). The van der Waals surface area contributed by atoms with Crippen LogP contribution < -0.4 is 10.1 Å². The molecule has 1 aromatic heterocycles. The average Bonchev–Trinajstić information content (AvgIpc) is 2.89. The first-order chi connectivity index (χ1) is 10.1. The van der Waals surface area contributed by atoms with Crippen LogP contribution in [-0.2, 0) is 13.2 Å². The van der Waals surface area contributed by atoms with Crippen LogP contribution in [0.4, 0.5) is 8.78 Å². The highest BCUT2D eigenvalue weighted by molar-refractivity contribution is 9.10. The Bertz CT molecular complexity index is 605. The van der Waals surface area contributed by atoms with Crippen molar-refractivity contribution in [2.75, 3.05) is 6.54 Å². The molecule has 4 nitrogen and oxygen atoms in total. The zero-order chi connectivity index (χ0) is 15.2. The van der Waals surface area contributed by atoms with Gasteiger partial charge in [-0.3, -0.25) is 0 Å². The number of aromatic nitrogens is 1. The minimum Gasteiger partial charge on any atom is -0.482 e. The molecule has 1 heterocycles. The molecule has 0 amide bonds. The van der Waals surface area contributed by atoms with Crippen molar-refractivity contribution in [2.45, 2.75) is 26.5 Å². The number of nitrogens with zero attached hydrogens (tertiary/aromatic N) is 1. The molecule has 0 unspecified atom stereocenters. The first kappa shape index (κ1) is 15.9. The molecule has 0 fully saturated rings. The van der Waals surface area contributed by atoms with Crippen LogP contribution >= 0.6 is 15.9 Å². The van der Waals surface area contributed by atoms with Crippen molar-refractivity contribution < 1.29 is 18.0 Å². The predicted molar refractivity (Wildman–Crippen MR) is 76.9 cm³/mol. The Hall–Kier alpha value is -1.47. The van der Waals surface area contributed by atoms with Crippen LogP contribution in [0.5, 0.6) is 5.75 Å². The molecule has 114 valence electrons. The van der Waals surface area contributed by atoms with Crippen LogP contribution in [0.1, 0.15) is 24.8 Å². The van der Waals surface area contributed by atoms with Gasteiger partial charge in [0, 0.05) is 17.1 Å². The van der Waals surface area contributed by atoms with E-state index in [1.807, 2.05) is 0 Å². The standard InChI is InChI=1S/C14H15BrF2N2O2/c1-2-3-18-7-10-6-11(21-19-10)8-20-13-5-9(15)4-12(16)14(13)17/h4-6,18H,2-3,7-8H2,1H3. The Morgan fingerprint density at radius 3 is 2.90 bits per heavy atom. The summed E-state index contributed by atoms with van der Waals surface area (Å²) in [5, 5.41) is 7.05. The van der Waals surface area contributed by atoms with Crippen LogP contribution in [0.15, 0.2) is 27.2 Å². The normalized spacial score (nSPS) is 10.9. The first-order valence-electron chi connectivity index (χ1n) is 6.52. The first-order valence-corrected chi connectivity index (χ1v) is 7.32. The van der Waals surface area contributed by atoms with Gasteiger partial charge in [0.1, 0.15) is 6.61 Å². The van der Waals surface area contributed by atoms with Gasteiger partial charge < -0.3 is 14.6 Å². The van der Waals surface area contributed by atoms with Gasteiger partial charge in [0.2, 0.25) is 5.82 Å². The highest BCUT2D eigenvalue weighted by Gasteiger charge is 2.12. The van der Waals surface area contributed by atoms with Gasteiger partial charge in [-0.25, -0.2) is 4.39 Å². The van der Waals surface area contributed by atoms with E-state index in [2.05, 4.69) is 33.3 Å². The third kappa shape index (κ3) is 4.50. The number of rotatable bonds is 7. The number of hydrogen-bond acceptors (Lipinski definition) is 4. The smallest absolute Gasteiger partial charge is 0.200 e. The van der Waals surface area contributed by atoms with Crippen LogP contribution in [-0.4, -0.2) is 11.7 Å². The molecule has 0 aliphatic carbocycles. The van der Waals surface area contributed by atoms with E-state index in [-0.39, 0.29) is 12.4 Å². The fraction of sp³-hybridized carbons (Fsp3) is 0.357. The van der Waals surface area contributed by atoms with E-state index in [1.54, 1.807) is 6.07 Å². The number of nitrogens with one attached hydrogen (secondary N) is 1. The highest BCUT2D eigenvalue weighted by Crippen LogP contribution is 2.26. The molecule has 0 radical (unpaired) electrons. The Balaban J connectivity index is 1.94. The molecule has 0 spiro atoms. The molecule has 0 saturated carbocycles. The van der Waals surface area contributed by atoms with E-state index >= 15 is 0 Å². The van der Waals surface area contributed by atoms with Crippen molar-refractivity contribution in [3.63, 3.8) is 0 Å². The average molecular weight is 361 g/mol. The Morgan fingerprint density at radius 2 is 2.14 bits per heavy atom. The molecule has 0 bridgehead atoms. The van der Waals surface area contributed by atoms with Crippen LogP contribution in [0.2, 0.25) is 0 Å². The molecule has 0 atom stereocenters. The summed E-state index contributed by atoms with van der Waals surface area (Å²) in [6.45, 7) is 3.53. The van der Waals surface area contributed by atoms with Crippen molar-refractivity contribution >= 4 is 15.9 Å². The van der Waals surface area contributed by atoms with Crippen molar-refractivity contribution in [3.05, 3.63) is 45.8 Å². The van der Waals surface area contributed by atoms with Gasteiger partial charge in [0.05, 0.1) is 5.69 Å². The van der Waals surface area contributed by atoms with Crippen molar-refractivity contribution in [1.29, 1.82) is 0 Å². The molecule has 7 heteroatoms. The summed E-state index contributed by atoms with van der Waals surface area (Å²) in [5.74, 6) is -1.73. The van der Waals surface area contributed by atoms with E-state index < -0.39 is 11.6 Å². The zero-order valence-electron chi connectivity index (χ0n) is 11.5. The van der Waals surface area contributed by atoms with Crippen molar-refractivity contribution in [3.8, 4) is 5.75 Å². The highest BCUT2D eigenvalue weighted by atomic mass is 79.9. The lowest BCUT2D eigenvalue weighted by atomic mass is 10.3. The van der Waals surface area contributed by atoms with Crippen LogP contribution in [0.3, 0.4) is 0 Å². The molecule has 0 aliphatic rings. The maximum atomic E-state index is 13.5. The molecular formula is C14H15BrF2N2O2. The van der Waals surface area contributed by atoms with E-state index in [0.717, 1.165) is 24.7 Å². The molecule has 0 aliphatic heterocycles. The Morgan fingerprint density at radius 1 is 1.33 bits per heavy atom. The van der Waals surface area contributed by atoms with Crippen LogP contribution in [0, 0.1) is 11.6 Å². The summed E-state index contributed by atoms with van der Waals surface area (Å²) in [4.78, 5) is 0. The van der Waals surface area contributed by atoms with E-state index in [9.17, 15) is 8.78 Å². The summed E-state index contributed by atoms with van der Waals surface area (Å²) in [6, 6.07) is 4.11. The maximum absolute atomic E-state index is 13.5. The second-order valence-electron chi connectivity index (χ2n) is 4.45. The second-order valence-corrected chi connectivity index (χ2v) is 5.37. The number of ether oxygens (including phenoxy) is 1. The van der Waals surface area contributed by atoms with E-state index in [4.69, 9.17) is 9.26 Å². The summed E-state index contributed by atoms with van der Waals surface area (Å²) in [7, 11) is 0. The molecule has 1 aromatic carbocycles. The quantitative estimate of drug-likeness (QED) is 0.602. The van der Waals surface area contributed by atoms with Crippen molar-refractivity contribution in [1.82, 2.24) is 10.5 Å². The monoisotopic (exact) mass is 360 g/mol. The van der Waals surface area contributed by atoms with Crippen LogP contribution in [0.25, 0.3) is 0 Å². The second kappa shape index (κ2) is 7.51. The molecule has 0 saturated heterocycles. The molecular weight excluding hydrogens is 346 g/mol. The maximum Gasteiger partial charge on any atom is 0.200 e. The molecule has 21 heavy (non-hydrogen) atoms. The van der Waals surface area contributed by atoms with Gasteiger partial charge >= 0.3 is 0 Å². The zero-order valence-corrected chi connectivity index (χ0v) is 13.0. The minimum atomic E-state index is -1.03. The summed E-state index contributed by atoms with van der Waals surface area (Å²) >= 11 is 3.08. The van der Waals surface area contributed by atoms with Gasteiger partial charge in [-0.2, -0.15) is 4.39 Å². The van der Waals surface area contributed by atoms with E-state index in [1.165, 1.54) is 6.07 Å². The fourth-order valence-electron chi connectivity index (χ4n) is 1.69. The van der Waals surface area contributed by atoms with Crippen molar-refractivity contribution in [2.24, 2.45) is 0 Å². The van der Waals surface area contributed by atoms with Gasteiger partial charge in [-0.1, -0.05) is 28.0 Å².